The number of nitrogens with zero attached hydrogens (tertiary/aromatic N) is 1. The lowest BCUT2D eigenvalue weighted by atomic mass is 10.1. The maximum atomic E-state index is 13.3. The van der Waals surface area contributed by atoms with Gasteiger partial charge in [-0.15, -0.1) is 0 Å². The van der Waals surface area contributed by atoms with E-state index in [1.165, 1.54) is 12.1 Å². The van der Waals surface area contributed by atoms with Crippen molar-refractivity contribution in [2.75, 3.05) is 0 Å². The van der Waals surface area contributed by atoms with Crippen LogP contribution >= 0.6 is 0 Å². The monoisotopic (exact) mass is 207 g/mol. The van der Waals surface area contributed by atoms with Gasteiger partial charge in [-0.2, -0.15) is 0 Å². The van der Waals surface area contributed by atoms with E-state index in [2.05, 4.69) is 4.98 Å². The molecule has 2 rings (SSSR count). The second-order valence-electron chi connectivity index (χ2n) is 3.03. The Labute approximate surface area is 84.8 Å². The molecule has 0 fully saturated rings. The molecule has 0 saturated heterocycles. The van der Waals surface area contributed by atoms with Gasteiger partial charge in [0.1, 0.15) is 17.3 Å². The van der Waals surface area contributed by atoms with Gasteiger partial charge in [-0.1, -0.05) is 12.1 Å². The molecule has 1 aromatic heterocycles. The van der Waals surface area contributed by atoms with E-state index in [0.717, 1.165) is 12.3 Å². The second-order valence-corrected chi connectivity index (χ2v) is 3.03. The Hall–Kier alpha value is -1.97. The zero-order valence-corrected chi connectivity index (χ0v) is 7.61. The van der Waals surface area contributed by atoms with Crippen molar-refractivity contribution < 1.29 is 13.9 Å². The summed E-state index contributed by atoms with van der Waals surface area (Å²) in [5.74, 6) is -1.46. The second kappa shape index (κ2) is 3.65. The maximum Gasteiger partial charge on any atom is 0.152 e. The van der Waals surface area contributed by atoms with E-state index in [1.54, 1.807) is 12.1 Å². The third kappa shape index (κ3) is 1.93. The number of hydrogen-bond donors (Lipinski definition) is 1. The van der Waals surface area contributed by atoms with Crippen LogP contribution in [0.3, 0.4) is 0 Å². The van der Waals surface area contributed by atoms with Crippen LogP contribution in [0.5, 0.6) is 5.75 Å². The van der Waals surface area contributed by atoms with E-state index in [0.29, 0.717) is 5.56 Å². The van der Waals surface area contributed by atoms with Gasteiger partial charge in [0.05, 0.1) is 6.20 Å². The molecule has 0 aliphatic carbocycles. The van der Waals surface area contributed by atoms with Gasteiger partial charge in [0.2, 0.25) is 0 Å². The summed E-state index contributed by atoms with van der Waals surface area (Å²) in [4.78, 5) is 3.63. The molecule has 76 valence electrons. The van der Waals surface area contributed by atoms with Gasteiger partial charge in [0.15, 0.2) is 5.82 Å². The van der Waals surface area contributed by atoms with Crippen LogP contribution in [0.2, 0.25) is 0 Å². The number of hydrogen-bond acceptors (Lipinski definition) is 2. The largest absolute Gasteiger partial charge is 0.508 e. The molecule has 1 heterocycles. The van der Waals surface area contributed by atoms with Crippen molar-refractivity contribution in [3.8, 4) is 17.0 Å². The van der Waals surface area contributed by atoms with Crippen LogP contribution in [0.15, 0.2) is 36.5 Å². The number of rotatable bonds is 1. The fourth-order valence-electron chi connectivity index (χ4n) is 1.28. The van der Waals surface area contributed by atoms with Gasteiger partial charge >= 0.3 is 0 Å². The van der Waals surface area contributed by atoms with Gasteiger partial charge < -0.3 is 5.11 Å². The van der Waals surface area contributed by atoms with Crippen molar-refractivity contribution in [3.63, 3.8) is 0 Å². The normalized spacial score (nSPS) is 10.3. The number of phenols is 1. The SMILES string of the molecule is Oc1cccc(-c2ncc(F)cc2F)c1. The molecule has 0 aliphatic rings. The summed E-state index contributed by atoms with van der Waals surface area (Å²) < 4.78 is 25.9. The molecule has 0 amide bonds. The van der Waals surface area contributed by atoms with Crippen LogP contribution < -0.4 is 0 Å². The number of benzene rings is 1. The molecular weight excluding hydrogens is 200 g/mol. The van der Waals surface area contributed by atoms with Crippen molar-refractivity contribution in [3.05, 3.63) is 48.2 Å². The maximum absolute atomic E-state index is 13.3. The molecular formula is C11H7F2NO. The van der Waals surface area contributed by atoms with Crippen LogP contribution in [0.25, 0.3) is 11.3 Å². The Morgan fingerprint density at radius 1 is 1.13 bits per heavy atom. The summed E-state index contributed by atoms with van der Waals surface area (Å²) in [7, 11) is 0. The van der Waals surface area contributed by atoms with Crippen molar-refractivity contribution in [1.82, 2.24) is 4.98 Å². The van der Waals surface area contributed by atoms with Crippen molar-refractivity contribution >= 4 is 0 Å². The average Bonchev–Trinajstić information content (AvgIpc) is 2.17. The molecule has 1 N–H and O–H groups in total. The lowest BCUT2D eigenvalue weighted by Crippen LogP contribution is -1.90. The molecule has 0 unspecified atom stereocenters. The van der Waals surface area contributed by atoms with Crippen molar-refractivity contribution in [2.45, 2.75) is 0 Å². The Morgan fingerprint density at radius 3 is 2.60 bits per heavy atom. The average molecular weight is 207 g/mol. The van der Waals surface area contributed by atoms with E-state index < -0.39 is 11.6 Å². The quantitative estimate of drug-likeness (QED) is 0.779. The highest BCUT2D eigenvalue weighted by atomic mass is 19.1. The molecule has 0 bridgehead atoms. The number of phenolic OH excluding ortho intramolecular Hbond substituents is 1. The van der Waals surface area contributed by atoms with Gasteiger partial charge in [-0.3, -0.25) is 4.98 Å². The van der Waals surface area contributed by atoms with Gasteiger partial charge in [-0.25, -0.2) is 8.78 Å². The van der Waals surface area contributed by atoms with E-state index >= 15 is 0 Å². The number of aromatic nitrogens is 1. The standard InChI is InChI=1S/C11H7F2NO/c12-8-5-10(13)11(14-6-8)7-2-1-3-9(15)4-7/h1-6,15H. The first-order valence-electron chi connectivity index (χ1n) is 4.27. The third-order valence-corrected chi connectivity index (χ3v) is 1.93. The summed E-state index contributed by atoms with van der Waals surface area (Å²) >= 11 is 0. The Kier molecular flexibility index (Phi) is 2.33. The lowest BCUT2D eigenvalue weighted by molar-refractivity contribution is 0.475. The summed E-state index contributed by atoms with van der Waals surface area (Å²) in [6.45, 7) is 0. The number of pyridine rings is 1. The van der Waals surface area contributed by atoms with Crippen LogP contribution in [0.1, 0.15) is 0 Å². The zero-order chi connectivity index (χ0) is 10.8. The molecule has 0 radical (unpaired) electrons. The molecule has 0 aliphatic heterocycles. The number of halogens is 2. The van der Waals surface area contributed by atoms with Crippen molar-refractivity contribution in [2.24, 2.45) is 0 Å². The van der Waals surface area contributed by atoms with Gasteiger partial charge in [0.25, 0.3) is 0 Å². The minimum atomic E-state index is -0.749. The van der Waals surface area contributed by atoms with E-state index in [9.17, 15) is 13.9 Å². The highest BCUT2D eigenvalue weighted by Crippen LogP contribution is 2.23. The third-order valence-electron chi connectivity index (χ3n) is 1.93. The molecule has 0 saturated carbocycles. The minimum absolute atomic E-state index is 0.0121. The van der Waals surface area contributed by atoms with E-state index in [1.807, 2.05) is 0 Å². The molecule has 0 spiro atoms. The van der Waals surface area contributed by atoms with Crippen LogP contribution in [0, 0.1) is 11.6 Å². The molecule has 2 nitrogen and oxygen atoms in total. The fraction of sp³-hybridized carbons (Fsp3) is 0. The van der Waals surface area contributed by atoms with Crippen LogP contribution in [-0.4, -0.2) is 10.1 Å². The highest BCUT2D eigenvalue weighted by Gasteiger charge is 2.08. The first-order chi connectivity index (χ1) is 7.16. The first-order valence-corrected chi connectivity index (χ1v) is 4.27. The Morgan fingerprint density at radius 2 is 1.93 bits per heavy atom. The summed E-state index contributed by atoms with van der Waals surface area (Å²) in [6, 6.07) is 6.73. The predicted octanol–water partition coefficient (Wildman–Crippen LogP) is 2.73. The van der Waals surface area contributed by atoms with Gasteiger partial charge in [-0.05, 0) is 12.1 Å². The number of aromatic hydroxyl groups is 1. The predicted molar refractivity (Wildman–Crippen MR) is 51.3 cm³/mol. The zero-order valence-electron chi connectivity index (χ0n) is 7.61. The van der Waals surface area contributed by atoms with E-state index in [4.69, 9.17) is 0 Å². The minimum Gasteiger partial charge on any atom is -0.508 e. The topological polar surface area (TPSA) is 33.1 Å². The summed E-state index contributed by atoms with van der Waals surface area (Å²) in [5.41, 5.74) is 0.430. The highest BCUT2D eigenvalue weighted by molar-refractivity contribution is 5.61. The molecule has 0 atom stereocenters. The first kappa shape index (κ1) is 9.58. The van der Waals surface area contributed by atoms with Gasteiger partial charge in [0, 0.05) is 11.6 Å². The summed E-state index contributed by atoms with van der Waals surface area (Å²) in [6.07, 6.45) is 0.933. The summed E-state index contributed by atoms with van der Waals surface area (Å²) in [5, 5.41) is 9.20. The molecule has 4 heteroatoms. The van der Waals surface area contributed by atoms with Crippen LogP contribution in [-0.2, 0) is 0 Å². The Bertz CT molecular complexity index is 500. The molecule has 15 heavy (non-hydrogen) atoms. The fourth-order valence-corrected chi connectivity index (χ4v) is 1.28. The smallest absolute Gasteiger partial charge is 0.152 e. The lowest BCUT2D eigenvalue weighted by Gasteiger charge is -2.02. The van der Waals surface area contributed by atoms with Crippen molar-refractivity contribution in [1.29, 1.82) is 0 Å². The Balaban J connectivity index is 2.54. The van der Waals surface area contributed by atoms with Crippen LogP contribution in [0.4, 0.5) is 8.78 Å². The molecule has 1 aromatic carbocycles. The molecule has 2 aromatic rings. The van der Waals surface area contributed by atoms with E-state index in [-0.39, 0.29) is 11.4 Å².